The summed E-state index contributed by atoms with van der Waals surface area (Å²) in [4.78, 5) is 2.30. The van der Waals surface area contributed by atoms with Gasteiger partial charge in [-0.05, 0) is 6.92 Å². The molecule has 5 nitrogen and oxygen atoms in total. The molecule has 96 valence electrons. The van der Waals surface area contributed by atoms with E-state index in [0.29, 0.717) is 5.92 Å². The number of aryl methyl sites for hydroxylation is 1. The van der Waals surface area contributed by atoms with Crippen LogP contribution in [0.1, 0.15) is 41.7 Å². The van der Waals surface area contributed by atoms with Gasteiger partial charge in [0.15, 0.2) is 0 Å². The first kappa shape index (κ1) is 11.6. The molecular weight excluding hydrogens is 246 g/mol. The van der Waals surface area contributed by atoms with Crippen molar-refractivity contribution in [2.45, 2.75) is 39.7 Å². The number of hydrogen-bond donors (Lipinski definition) is 1. The molecule has 6 heteroatoms. The molecule has 0 aromatic carbocycles. The Morgan fingerprint density at radius 3 is 2.89 bits per heavy atom. The van der Waals surface area contributed by atoms with Crippen molar-refractivity contribution in [1.29, 1.82) is 0 Å². The average Bonchev–Trinajstić information content (AvgIpc) is 2.96. The van der Waals surface area contributed by atoms with E-state index in [-0.39, 0.29) is 0 Å². The molecule has 3 rings (SSSR count). The zero-order chi connectivity index (χ0) is 12.7. The van der Waals surface area contributed by atoms with Gasteiger partial charge in [0.1, 0.15) is 5.01 Å². The van der Waals surface area contributed by atoms with Gasteiger partial charge >= 0.3 is 0 Å². The van der Waals surface area contributed by atoms with E-state index in [4.69, 9.17) is 0 Å². The van der Waals surface area contributed by atoms with Crippen LogP contribution in [0.3, 0.4) is 0 Å². The van der Waals surface area contributed by atoms with Gasteiger partial charge in [0.05, 0.1) is 5.69 Å². The highest BCUT2D eigenvalue weighted by Crippen LogP contribution is 2.29. The lowest BCUT2D eigenvalue weighted by Crippen LogP contribution is -2.30. The van der Waals surface area contributed by atoms with Crippen LogP contribution in [0, 0.1) is 6.92 Å². The fourth-order valence-electron chi connectivity index (χ4n) is 2.18. The Labute approximate surface area is 110 Å². The summed E-state index contributed by atoms with van der Waals surface area (Å²) in [7, 11) is 0. The molecule has 0 amide bonds. The highest BCUT2D eigenvalue weighted by atomic mass is 32.1. The number of anilines is 1. The minimum atomic E-state index is 0.451. The average molecular weight is 263 g/mol. The van der Waals surface area contributed by atoms with Gasteiger partial charge in [0.2, 0.25) is 5.13 Å². The summed E-state index contributed by atoms with van der Waals surface area (Å²) in [5.74, 6) is 0.451. The van der Waals surface area contributed by atoms with Crippen LogP contribution in [-0.2, 0) is 13.0 Å². The number of hydrogen-bond acceptors (Lipinski definition) is 5. The van der Waals surface area contributed by atoms with Gasteiger partial charge in [-0.15, -0.1) is 10.2 Å². The third kappa shape index (κ3) is 1.90. The van der Waals surface area contributed by atoms with E-state index >= 15 is 0 Å². The van der Waals surface area contributed by atoms with Crippen LogP contribution < -0.4 is 4.90 Å². The lowest BCUT2D eigenvalue weighted by molar-refractivity contribution is 0.710. The molecule has 0 fully saturated rings. The molecule has 0 saturated carbocycles. The second-order valence-electron chi connectivity index (χ2n) is 5.02. The van der Waals surface area contributed by atoms with Gasteiger partial charge in [-0.1, -0.05) is 25.2 Å². The van der Waals surface area contributed by atoms with Crippen molar-refractivity contribution in [1.82, 2.24) is 20.4 Å². The Hall–Kier alpha value is -1.43. The Morgan fingerprint density at radius 2 is 2.17 bits per heavy atom. The summed E-state index contributed by atoms with van der Waals surface area (Å²) in [5.41, 5.74) is 3.70. The molecule has 18 heavy (non-hydrogen) atoms. The van der Waals surface area contributed by atoms with Gasteiger partial charge in [-0.3, -0.25) is 5.10 Å². The first-order chi connectivity index (χ1) is 8.65. The number of aromatic amines is 1. The molecule has 2 aromatic heterocycles. The Kier molecular flexibility index (Phi) is 2.81. The smallest absolute Gasteiger partial charge is 0.208 e. The van der Waals surface area contributed by atoms with Crippen molar-refractivity contribution in [3.05, 3.63) is 22.0 Å². The quantitative estimate of drug-likeness (QED) is 0.903. The third-order valence-corrected chi connectivity index (χ3v) is 4.61. The first-order valence-electron chi connectivity index (χ1n) is 6.26. The van der Waals surface area contributed by atoms with E-state index in [1.165, 1.54) is 17.0 Å². The molecule has 2 aromatic rings. The number of nitrogens with one attached hydrogen (secondary N) is 1. The second-order valence-corrected chi connectivity index (χ2v) is 6.01. The monoisotopic (exact) mass is 263 g/mol. The van der Waals surface area contributed by atoms with Crippen molar-refractivity contribution < 1.29 is 0 Å². The highest BCUT2D eigenvalue weighted by molar-refractivity contribution is 7.15. The minimum absolute atomic E-state index is 0.451. The maximum atomic E-state index is 4.33. The van der Waals surface area contributed by atoms with Crippen LogP contribution in [0.4, 0.5) is 5.13 Å². The van der Waals surface area contributed by atoms with Crippen LogP contribution in [0.2, 0.25) is 0 Å². The van der Waals surface area contributed by atoms with Crippen LogP contribution in [0.25, 0.3) is 0 Å². The van der Waals surface area contributed by atoms with Crippen LogP contribution >= 0.6 is 11.3 Å². The molecular formula is C12H17N5S. The van der Waals surface area contributed by atoms with Gasteiger partial charge in [0, 0.05) is 36.7 Å². The fourth-order valence-corrected chi connectivity index (χ4v) is 3.05. The lowest BCUT2D eigenvalue weighted by Gasteiger charge is -2.25. The van der Waals surface area contributed by atoms with Crippen molar-refractivity contribution >= 4 is 16.5 Å². The van der Waals surface area contributed by atoms with Crippen LogP contribution in [0.15, 0.2) is 0 Å². The second kappa shape index (κ2) is 4.35. The summed E-state index contributed by atoms with van der Waals surface area (Å²) >= 11 is 1.70. The first-order valence-corrected chi connectivity index (χ1v) is 7.08. The number of H-pyrrole nitrogens is 1. The molecule has 0 spiro atoms. The summed E-state index contributed by atoms with van der Waals surface area (Å²) in [6.45, 7) is 8.25. The predicted octanol–water partition coefficient (Wildman–Crippen LogP) is 2.26. The van der Waals surface area contributed by atoms with E-state index < -0.39 is 0 Å². The summed E-state index contributed by atoms with van der Waals surface area (Å²) in [6, 6.07) is 0. The fraction of sp³-hybridized carbons (Fsp3) is 0.583. The summed E-state index contributed by atoms with van der Waals surface area (Å²) < 4.78 is 0. The SMILES string of the molecule is Cc1[nH]nc2c1CN(c1nnc(C(C)C)s1)CC2. The molecule has 3 heterocycles. The van der Waals surface area contributed by atoms with E-state index in [2.05, 4.69) is 46.1 Å². The van der Waals surface area contributed by atoms with Crippen LogP contribution in [0.5, 0.6) is 0 Å². The number of aromatic nitrogens is 4. The number of nitrogens with zero attached hydrogens (tertiary/aromatic N) is 4. The van der Waals surface area contributed by atoms with E-state index in [0.717, 1.165) is 29.6 Å². The van der Waals surface area contributed by atoms with Gasteiger partial charge in [-0.25, -0.2) is 0 Å². The van der Waals surface area contributed by atoms with Crippen molar-refractivity contribution in [2.75, 3.05) is 11.4 Å². The summed E-state index contributed by atoms with van der Waals surface area (Å²) in [6.07, 6.45) is 0.982. The van der Waals surface area contributed by atoms with Crippen molar-refractivity contribution in [3.63, 3.8) is 0 Å². The molecule has 0 atom stereocenters. The predicted molar refractivity (Wildman–Crippen MR) is 72.1 cm³/mol. The van der Waals surface area contributed by atoms with Gasteiger partial charge in [-0.2, -0.15) is 5.10 Å². The van der Waals surface area contributed by atoms with E-state index in [1.54, 1.807) is 11.3 Å². The topological polar surface area (TPSA) is 57.7 Å². The maximum absolute atomic E-state index is 4.33. The highest BCUT2D eigenvalue weighted by Gasteiger charge is 2.23. The maximum Gasteiger partial charge on any atom is 0.208 e. The third-order valence-electron chi connectivity index (χ3n) is 3.32. The van der Waals surface area contributed by atoms with Crippen molar-refractivity contribution in [3.8, 4) is 0 Å². The molecule has 1 N–H and O–H groups in total. The Balaban J connectivity index is 1.84. The van der Waals surface area contributed by atoms with E-state index in [1.807, 2.05) is 0 Å². The van der Waals surface area contributed by atoms with E-state index in [9.17, 15) is 0 Å². The van der Waals surface area contributed by atoms with Gasteiger partial charge in [0.25, 0.3) is 0 Å². The number of fused-ring (bicyclic) bond motifs is 1. The zero-order valence-electron chi connectivity index (χ0n) is 10.9. The molecule has 1 aliphatic heterocycles. The molecule has 0 radical (unpaired) electrons. The normalized spacial score (nSPS) is 15.2. The molecule has 1 aliphatic rings. The van der Waals surface area contributed by atoms with Gasteiger partial charge < -0.3 is 4.90 Å². The molecule has 0 unspecified atom stereocenters. The Morgan fingerprint density at radius 1 is 1.33 bits per heavy atom. The molecule has 0 aliphatic carbocycles. The lowest BCUT2D eigenvalue weighted by atomic mass is 10.1. The standard InChI is InChI=1S/C12H17N5S/c1-7(2)11-15-16-12(18-11)17-5-4-10-9(6-17)8(3)13-14-10/h7H,4-6H2,1-3H3,(H,13,14). The number of rotatable bonds is 2. The molecule has 0 bridgehead atoms. The molecule has 0 saturated heterocycles. The minimum Gasteiger partial charge on any atom is -0.342 e. The van der Waals surface area contributed by atoms with Crippen molar-refractivity contribution in [2.24, 2.45) is 0 Å². The Bertz CT molecular complexity index is 557. The summed E-state index contributed by atoms with van der Waals surface area (Å²) in [5, 5.41) is 18.1. The zero-order valence-corrected chi connectivity index (χ0v) is 11.7. The largest absolute Gasteiger partial charge is 0.342 e. The van der Waals surface area contributed by atoms with Crippen LogP contribution in [-0.4, -0.2) is 26.9 Å².